The molecule has 0 amide bonds. The first-order chi connectivity index (χ1) is 15.4. The average Bonchev–Trinajstić information content (AvgIpc) is 2.83. The van der Waals surface area contributed by atoms with Gasteiger partial charge in [-0.15, -0.1) is 0 Å². The first-order valence-corrected chi connectivity index (χ1v) is 11.0. The van der Waals surface area contributed by atoms with Crippen molar-refractivity contribution in [3.63, 3.8) is 0 Å². The highest BCUT2D eigenvalue weighted by Crippen LogP contribution is 2.36. The maximum absolute atomic E-state index is 6.34. The van der Waals surface area contributed by atoms with Crippen molar-refractivity contribution in [1.82, 2.24) is 5.32 Å². The number of fused-ring (bicyclic) bond motifs is 3. The Balaban J connectivity index is 1.48. The van der Waals surface area contributed by atoms with E-state index in [0.717, 1.165) is 18.7 Å². The maximum atomic E-state index is 6.34. The molecule has 0 aliphatic carbocycles. The zero-order valence-corrected chi connectivity index (χ0v) is 18.0. The number of rotatable bonds is 2. The zero-order chi connectivity index (χ0) is 21.3. The van der Waals surface area contributed by atoms with Crippen molar-refractivity contribution in [3.05, 3.63) is 35.9 Å². The van der Waals surface area contributed by atoms with Gasteiger partial charge in [-0.05, 0) is 0 Å². The minimum absolute atomic E-state index is 0.321. The van der Waals surface area contributed by atoms with Crippen molar-refractivity contribution in [3.8, 4) is 0 Å². The van der Waals surface area contributed by atoms with Gasteiger partial charge in [-0.3, -0.25) is 0 Å². The topological polar surface area (TPSA) is 85.9 Å². The number of methoxy groups -OCH3 is 1. The van der Waals surface area contributed by atoms with Crippen LogP contribution in [-0.4, -0.2) is 97.2 Å². The van der Waals surface area contributed by atoms with Crippen LogP contribution >= 0.6 is 0 Å². The van der Waals surface area contributed by atoms with Crippen molar-refractivity contribution >= 4 is 0 Å². The molecule has 3 saturated heterocycles. The Bertz CT molecular complexity index is 635. The van der Waals surface area contributed by atoms with Crippen LogP contribution in [0.4, 0.5) is 0 Å². The summed E-state index contributed by atoms with van der Waals surface area (Å²) in [5, 5.41) is 3.27. The molecule has 3 fully saturated rings. The van der Waals surface area contributed by atoms with E-state index < -0.39 is 24.8 Å². The number of benzene rings is 1. The molecule has 9 nitrogen and oxygen atoms in total. The molecule has 31 heavy (non-hydrogen) atoms. The van der Waals surface area contributed by atoms with E-state index in [4.69, 9.17) is 37.9 Å². The van der Waals surface area contributed by atoms with E-state index in [1.165, 1.54) is 0 Å². The Morgan fingerprint density at radius 1 is 0.774 bits per heavy atom. The van der Waals surface area contributed by atoms with Gasteiger partial charge in [0.1, 0.15) is 24.4 Å². The molecule has 4 rings (SSSR count). The Morgan fingerprint density at radius 3 is 2.19 bits per heavy atom. The lowest BCUT2D eigenvalue weighted by Crippen LogP contribution is -2.63. The quantitative estimate of drug-likeness (QED) is 0.722. The second-order valence-electron chi connectivity index (χ2n) is 7.60. The van der Waals surface area contributed by atoms with Crippen LogP contribution in [0.15, 0.2) is 30.3 Å². The summed E-state index contributed by atoms with van der Waals surface area (Å²) in [5.74, 6) is 0. The Hall–Kier alpha value is -1.14. The highest BCUT2D eigenvalue weighted by atomic mass is 16.8. The SMILES string of the molecule is CO[C@H]1O[C@@H]2CO[C@@H](c3ccccc3)O[C@H]2[C@@H]2OCCOCCNCCOCCO[C@@H]12. The van der Waals surface area contributed by atoms with Gasteiger partial charge < -0.3 is 43.2 Å². The van der Waals surface area contributed by atoms with Crippen LogP contribution < -0.4 is 5.32 Å². The smallest absolute Gasteiger partial charge is 0.186 e. The first-order valence-electron chi connectivity index (χ1n) is 11.0. The Morgan fingerprint density at radius 2 is 1.48 bits per heavy atom. The van der Waals surface area contributed by atoms with Gasteiger partial charge in [-0.25, -0.2) is 0 Å². The van der Waals surface area contributed by atoms with E-state index in [1.807, 2.05) is 30.3 Å². The van der Waals surface area contributed by atoms with E-state index in [0.29, 0.717) is 46.2 Å². The lowest BCUT2D eigenvalue weighted by molar-refractivity contribution is -0.368. The van der Waals surface area contributed by atoms with Gasteiger partial charge in [0.25, 0.3) is 0 Å². The second-order valence-corrected chi connectivity index (χ2v) is 7.60. The number of nitrogens with one attached hydrogen (secondary N) is 1. The third-order valence-electron chi connectivity index (χ3n) is 5.51. The van der Waals surface area contributed by atoms with Crippen molar-refractivity contribution in [2.75, 3.05) is 66.4 Å². The van der Waals surface area contributed by atoms with Crippen molar-refractivity contribution < 1.29 is 37.9 Å². The predicted molar refractivity (Wildman–Crippen MR) is 110 cm³/mol. The molecule has 0 saturated carbocycles. The van der Waals surface area contributed by atoms with Crippen LogP contribution in [0.5, 0.6) is 0 Å². The highest BCUT2D eigenvalue weighted by Gasteiger charge is 2.51. The van der Waals surface area contributed by atoms with Gasteiger partial charge in [0.15, 0.2) is 12.6 Å². The molecule has 0 spiro atoms. The molecule has 6 atom stereocenters. The van der Waals surface area contributed by atoms with Crippen molar-refractivity contribution in [1.29, 1.82) is 0 Å². The van der Waals surface area contributed by atoms with E-state index in [2.05, 4.69) is 5.32 Å². The molecule has 0 radical (unpaired) electrons. The molecule has 3 aliphatic rings. The summed E-state index contributed by atoms with van der Waals surface area (Å²) < 4.78 is 47.7. The Kier molecular flexibility index (Phi) is 9.06. The molecule has 0 aromatic heterocycles. The summed E-state index contributed by atoms with van der Waals surface area (Å²) in [6.45, 7) is 4.93. The van der Waals surface area contributed by atoms with Crippen LogP contribution in [0, 0.1) is 0 Å². The van der Waals surface area contributed by atoms with Crippen molar-refractivity contribution in [2.45, 2.75) is 37.0 Å². The van der Waals surface area contributed by atoms with E-state index >= 15 is 0 Å². The molecule has 3 heterocycles. The fourth-order valence-electron chi connectivity index (χ4n) is 3.99. The molecule has 0 unspecified atom stereocenters. The maximum Gasteiger partial charge on any atom is 0.186 e. The molecule has 174 valence electrons. The Labute approximate surface area is 183 Å². The molecule has 1 N–H and O–H groups in total. The number of hydrogen-bond acceptors (Lipinski definition) is 9. The van der Waals surface area contributed by atoms with Gasteiger partial charge in [-0.1, -0.05) is 30.3 Å². The number of hydrogen-bond donors (Lipinski definition) is 1. The summed E-state index contributed by atoms with van der Waals surface area (Å²) in [4.78, 5) is 0. The van der Waals surface area contributed by atoms with E-state index in [9.17, 15) is 0 Å². The summed E-state index contributed by atoms with van der Waals surface area (Å²) in [6, 6.07) is 9.86. The summed E-state index contributed by atoms with van der Waals surface area (Å²) in [5.41, 5.74) is 0.952. The van der Waals surface area contributed by atoms with Crippen LogP contribution in [0.3, 0.4) is 0 Å². The van der Waals surface area contributed by atoms with Gasteiger partial charge >= 0.3 is 0 Å². The van der Waals surface area contributed by atoms with Crippen LogP contribution in [-0.2, 0) is 37.9 Å². The summed E-state index contributed by atoms with van der Waals surface area (Å²) >= 11 is 0. The van der Waals surface area contributed by atoms with Crippen LogP contribution in [0.25, 0.3) is 0 Å². The molecular formula is C22H33NO8. The monoisotopic (exact) mass is 439 g/mol. The molecule has 3 aliphatic heterocycles. The minimum Gasteiger partial charge on any atom is -0.378 e. The second kappa shape index (κ2) is 12.2. The third kappa shape index (κ3) is 6.22. The highest BCUT2D eigenvalue weighted by molar-refractivity contribution is 5.16. The fraction of sp³-hybridized carbons (Fsp3) is 0.727. The van der Waals surface area contributed by atoms with E-state index in [1.54, 1.807) is 7.11 Å². The summed E-state index contributed by atoms with van der Waals surface area (Å²) in [6.07, 6.45) is -2.63. The van der Waals surface area contributed by atoms with Gasteiger partial charge in [0, 0.05) is 25.8 Å². The van der Waals surface area contributed by atoms with Crippen molar-refractivity contribution in [2.24, 2.45) is 0 Å². The van der Waals surface area contributed by atoms with E-state index in [-0.39, 0.29) is 12.2 Å². The lowest BCUT2D eigenvalue weighted by atomic mass is 9.97. The van der Waals surface area contributed by atoms with Crippen LogP contribution in [0.2, 0.25) is 0 Å². The average molecular weight is 440 g/mol. The van der Waals surface area contributed by atoms with Gasteiger partial charge in [0.2, 0.25) is 0 Å². The summed E-state index contributed by atoms with van der Waals surface area (Å²) in [7, 11) is 1.60. The molecule has 9 heteroatoms. The van der Waals surface area contributed by atoms with Gasteiger partial charge in [0.05, 0.1) is 46.2 Å². The zero-order valence-electron chi connectivity index (χ0n) is 18.0. The molecule has 0 bridgehead atoms. The lowest BCUT2D eigenvalue weighted by Gasteiger charge is -2.48. The third-order valence-corrected chi connectivity index (χ3v) is 5.51. The fourth-order valence-corrected chi connectivity index (χ4v) is 3.99. The van der Waals surface area contributed by atoms with Gasteiger partial charge in [-0.2, -0.15) is 0 Å². The normalized spacial score (nSPS) is 36.4. The first kappa shape index (κ1) is 23.0. The minimum atomic E-state index is -0.593. The number of ether oxygens (including phenoxy) is 8. The van der Waals surface area contributed by atoms with Crippen LogP contribution in [0.1, 0.15) is 11.9 Å². The molecular weight excluding hydrogens is 406 g/mol. The predicted octanol–water partition coefficient (Wildman–Crippen LogP) is 0.879. The standard InChI is InChI=1S/C22H33NO8/c1-24-22-20-19(27-13-11-25-9-7-23-8-10-26-12-14-28-20)18-17(30-22)15-29-21(31-18)16-5-3-2-4-6-16/h2-6,17-23H,7-15H2,1H3/t17-,18-,19+,20-,21-,22+/m1/s1. The molecule has 1 aromatic carbocycles. The largest absolute Gasteiger partial charge is 0.378 e. The molecule has 1 aromatic rings.